The second kappa shape index (κ2) is 12.4. The third-order valence-electron chi connectivity index (χ3n) is 5.50. The monoisotopic (exact) mass is 510 g/mol. The standard InChI is InChI=1S/C24H26ClF3N4O3/c1-2-35-24(34)31-18-8-6-17(7-9-18)30-23(29-13-15-3-5-16(26)12-19(15)25)32-22(33)14-4-10-20(27)21(28)11-14/h3-5,10-12,17-18H,2,6-9,13H2,1H3,(H,31,34)(H2,29,30,32,33). The van der Waals surface area contributed by atoms with E-state index in [1.807, 2.05) is 0 Å². The van der Waals surface area contributed by atoms with Gasteiger partial charge in [0.1, 0.15) is 5.82 Å². The molecule has 1 aliphatic rings. The Kier molecular flexibility index (Phi) is 9.36. The third kappa shape index (κ3) is 7.88. The molecule has 0 atom stereocenters. The summed E-state index contributed by atoms with van der Waals surface area (Å²) in [6, 6.07) is 6.64. The van der Waals surface area contributed by atoms with E-state index in [0.717, 1.165) is 24.3 Å². The number of carbonyl (C=O) groups is 2. The van der Waals surface area contributed by atoms with E-state index in [9.17, 15) is 22.8 Å². The second-order valence-corrected chi connectivity index (χ2v) is 8.45. The Balaban J connectivity index is 1.69. The van der Waals surface area contributed by atoms with Gasteiger partial charge < -0.3 is 15.4 Å². The SMILES string of the molecule is CCOC(=O)NC1CCC(NC(=NCc2ccc(F)cc2Cl)NC(=O)c2ccc(F)c(F)c2)CC1. The van der Waals surface area contributed by atoms with E-state index in [4.69, 9.17) is 16.3 Å². The van der Waals surface area contributed by atoms with Crippen LogP contribution in [0.4, 0.5) is 18.0 Å². The van der Waals surface area contributed by atoms with Crippen molar-refractivity contribution in [2.75, 3.05) is 6.61 Å². The molecule has 0 aliphatic heterocycles. The minimum absolute atomic E-state index is 0.0257. The predicted molar refractivity (Wildman–Crippen MR) is 126 cm³/mol. The predicted octanol–water partition coefficient (Wildman–Crippen LogP) is 4.69. The van der Waals surface area contributed by atoms with Crippen molar-refractivity contribution < 1.29 is 27.5 Å². The number of nitrogens with one attached hydrogen (secondary N) is 3. The summed E-state index contributed by atoms with van der Waals surface area (Å²) in [4.78, 5) is 28.7. The van der Waals surface area contributed by atoms with Crippen LogP contribution in [0.3, 0.4) is 0 Å². The molecule has 7 nitrogen and oxygen atoms in total. The van der Waals surface area contributed by atoms with E-state index in [1.54, 1.807) is 6.92 Å². The summed E-state index contributed by atoms with van der Waals surface area (Å²) < 4.78 is 45.1. The van der Waals surface area contributed by atoms with Crippen LogP contribution in [0.15, 0.2) is 41.4 Å². The number of ether oxygens (including phenoxy) is 1. The molecule has 2 amide bonds. The minimum Gasteiger partial charge on any atom is -0.450 e. The number of nitrogens with zero attached hydrogens (tertiary/aromatic N) is 1. The molecule has 0 unspecified atom stereocenters. The number of benzene rings is 2. The average Bonchev–Trinajstić information content (AvgIpc) is 2.81. The largest absolute Gasteiger partial charge is 0.450 e. The fourth-order valence-corrected chi connectivity index (χ4v) is 3.89. The lowest BCUT2D eigenvalue weighted by atomic mass is 9.91. The number of carbonyl (C=O) groups excluding carboxylic acids is 2. The van der Waals surface area contributed by atoms with Gasteiger partial charge in [-0.2, -0.15) is 0 Å². The van der Waals surface area contributed by atoms with Crippen molar-refractivity contribution in [2.24, 2.45) is 4.99 Å². The first-order valence-electron chi connectivity index (χ1n) is 11.2. The number of hydrogen-bond donors (Lipinski definition) is 3. The molecule has 3 rings (SSSR count). The van der Waals surface area contributed by atoms with Crippen LogP contribution in [-0.2, 0) is 11.3 Å². The summed E-state index contributed by atoms with van der Waals surface area (Å²) in [6.07, 6.45) is 2.26. The first-order valence-corrected chi connectivity index (χ1v) is 11.6. The van der Waals surface area contributed by atoms with Crippen LogP contribution in [0.5, 0.6) is 0 Å². The first kappa shape index (κ1) is 26.3. The number of rotatable bonds is 6. The van der Waals surface area contributed by atoms with Crippen molar-refractivity contribution in [1.29, 1.82) is 0 Å². The molecule has 2 aromatic rings. The van der Waals surface area contributed by atoms with Gasteiger partial charge in [0.05, 0.1) is 13.2 Å². The topological polar surface area (TPSA) is 91.8 Å². The highest BCUT2D eigenvalue weighted by atomic mass is 35.5. The number of halogens is 4. The van der Waals surface area contributed by atoms with Gasteiger partial charge in [-0.25, -0.2) is 23.0 Å². The van der Waals surface area contributed by atoms with Crippen LogP contribution >= 0.6 is 11.6 Å². The molecule has 0 saturated heterocycles. The van der Waals surface area contributed by atoms with Crippen molar-refractivity contribution in [1.82, 2.24) is 16.0 Å². The zero-order chi connectivity index (χ0) is 25.4. The summed E-state index contributed by atoms with van der Waals surface area (Å²) >= 11 is 6.08. The van der Waals surface area contributed by atoms with E-state index >= 15 is 0 Å². The summed E-state index contributed by atoms with van der Waals surface area (Å²) in [5.74, 6) is -3.26. The number of hydrogen-bond acceptors (Lipinski definition) is 4. The highest BCUT2D eigenvalue weighted by Gasteiger charge is 2.24. The van der Waals surface area contributed by atoms with Gasteiger partial charge in [-0.1, -0.05) is 17.7 Å². The number of aliphatic imine (C=N–C) groups is 1. The van der Waals surface area contributed by atoms with Crippen LogP contribution < -0.4 is 16.0 Å². The molecule has 0 spiro atoms. The molecule has 35 heavy (non-hydrogen) atoms. The van der Waals surface area contributed by atoms with Gasteiger partial charge in [-0.3, -0.25) is 10.1 Å². The first-order chi connectivity index (χ1) is 16.7. The van der Waals surface area contributed by atoms with Gasteiger partial charge in [-0.05, 0) is 68.5 Å². The lowest BCUT2D eigenvalue weighted by Gasteiger charge is -2.30. The van der Waals surface area contributed by atoms with Crippen LogP contribution in [0, 0.1) is 17.5 Å². The highest BCUT2D eigenvalue weighted by Crippen LogP contribution is 2.20. The Morgan fingerprint density at radius 1 is 1.00 bits per heavy atom. The Labute approximate surface area is 206 Å². The lowest BCUT2D eigenvalue weighted by Crippen LogP contribution is -2.49. The quantitative estimate of drug-likeness (QED) is 0.388. The van der Waals surface area contributed by atoms with Crippen molar-refractivity contribution in [2.45, 2.75) is 51.2 Å². The van der Waals surface area contributed by atoms with E-state index in [2.05, 4.69) is 20.9 Å². The van der Waals surface area contributed by atoms with Gasteiger partial charge in [0, 0.05) is 22.7 Å². The summed E-state index contributed by atoms with van der Waals surface area (Å²) in [6.45, 7) is 2.06. The Bertz CT molecular complexity index is 1090. The number of amides is 2. The molecule has 1 aliphatic carbocycles. The van der Waals surface area contributed by atoms with Gasteiger partial charge >= 0.3 is 6.09 Å². The average molecular weight is 511 g/mol. The second-order valence-electron chi connectivity index (χ2n) is 8.04. The zero-order valence-corrected chi connectivity index (χ0v) is 19.8. The maximum Gasteiger partial charge on any atom is 0.407 e. The maximum atomic E-state index is 13.6. The Morgan fingerprint density at radius 3 is 2.31 bits per heavy atom. The van der Waals surface area contributed by atoms with Crippen molar-refractivity contribution >= 4 is 29.6 Å². The van der Waals surface area contributed by atoms with E-state index in [-0.39, 0.29) is 41.8 Å². The van der Waals surface area contributed by atoms with Crippen molar-refractivity contribution in [3.05, 3.63) is 70.0 Å². The molecule has 0 bridgehead atoms. The smallest absolute Gasteiger partial charge is 0.407 e. The van der Waals surface area contributed by atoms with Gasteiger partial charge in [-0.15, -0.1) is 0 Å². The van der Waals surface area contributed by atoms with E-state index in [0.29, 0.717) is 31.2 Å². The third-order valence-corrected chi connectivity index (χ3v) is 5.85. The van der Waals surface area contributed by atoms with Gasteiger partial charge in [0.25, 0.3) is 5.91 Å². The fourth-order valence-electron chi connectivity index (χ4n) is 3.67. The van der Waals surface area contributed by atoms with Crippen LogP contribution in [0.1, 0.15) is 48.5 Å². The minimum atomic E-state index is -1.14. The van der Waals surface area contributed by atoms with Gasteiger partial charge in [0.2, 0.25) is 0 Å². The van der Waals surface area contributed by atoms with Crippen LogP contribution in [0.2, 0.25) is 5.02 Å². The molecule has 0 radical (unpaired) electrons. The summed E-state index contributed by atoms with van der Waals surface area (Å²) in [5.41, 5.74) is 0.456. The molecular weight excluding hydrogens is 485 g/mol. The molecule has 3 N–H and O–H groups in total. The van der Waals surface area contributed by atoms with E-state index < -0.39 is 29.5 Å². The Hall–Kier alpha value is -3.27. The zero-order valence-electron chi connectivity index (χ0n) is 19.0. The molecule has 1 saturated carbocycles. The normalized spacial score (nSPS) is 18.0. The van der Waals surface area contributed by atoms with Crippen molar-refractivity contribution in [3.63, 3.8) is 0 Å². The highest BCUT2D eigenvalue weighted by molar-refractivity contribution is 6.31. The maximum absolute atomic E-state index is 13.6. The number of alkyl carbamates (subject to hydrolysis) is 1. The van der Waals surface area contributed by atoms with Gasteiger partial charge in [0.15, 0.2) is 17.6 Å². The fraction of sp³-hybridized carbons (Fsp3) is 0.375. The van der Waals surface area contributed by atoms with E-state index in [1.165, 1.54) is 12.1 Å². The molecule has 188 valence electrons. The molecular formula is C24H26ClF3N4O3. The number of guanidine groups is 1. The molecule has 11 heteroatoms. The molecule has 0 aromatic heterocycles. The Morgan fingerprint density at radius 2 is 1.69 bits per heavy atom. The molecule has 1 fully saturated rings. The molecule has 2 aromatic carbocycles. The molecule has 0 heterocycles. The summed E-state index contributed by atoms with van der Waals surface area (Å²) in [5, 5.41) is 8.76. The van der Waals surface area contributed by atoms with Crippen LogP contribution in [-0.4, -0.2) is 36.7 Å². The summed E-state index contributed by atoms with van der Waals surface area (Å²) in [7, 11) is 0. The lowest BCUT2D eigenvalue weighted by molar-refractivity contribution is 0.0974. The van der Waals surface area contributed by atoms with Crippen molar-refractivity contribution in [3.8, 4) is 0 Å². The van der Waals surface area contributed by atoms with Crippen LogP contribution in [0.25, 0.3) is 0 Å².